The van der Waals surface area contributed by atoms with Crippen LogP contribution in [0.3, 0.4) is 0 Å². The summed E-state index contributed by atoms with van der Waals surface area (Å²) < 4.78 is 1.99. The van der Waals surface area contributed by atoms with E-state index in [2.05, 4.69) is 22.1 Å². The molecule has 1 N–H and O–H groups in total. The van der Waals surface area contributed by atoms with E-state index in [0.717, 1.165) is 44.7 Å². The summed E-state index contributed by atoms with van der Waals surface area (Å²) in [4.78, 5) is 48.3. The second-order valence-corrected chi connectivity index (χ2v) is 9.51. The molecule has 0 aliphatic carbocycles. The lowest BCUT2D eigenvalue weighted by atomic mass is 9.87. The average molecular weight is 445 g/mol. The minimum Gasteiger partial charge on any atom is -0.343 e. The van der Waals surface area contributed by atoms with E-state index >= 15 is 0 Å². The van der Waals surface area contributed by atoms with Gasteiger partial charge in [-0.1, -0.05) is 6.92 Å². The van der Waals surface area contributed by atoms with E-state index in [0.29, 0.717) is 45.4 Å². The maximum Gasteiger partial charge on any atom is 0.325 e. The number of hydrogen-bond donors (Lipinski definition) is 1. The highest BCUT2D eigenvalue weighted by Crippen LogP contribution is 2.31. The number of carbonyl (C=O) groups excluding carboxylic acids is 3. The van der Waals surface area contributed by atoms with E-state index in [9.17, 15) is 14.4 Å². The van der Waals surface area contributed by atoms with E-state index in [1.165, 1.54) is 4.90 Å². The number of carbonyl (C=O) groups is 3. The van der Waals surface area contributed by atoms with Crippen LogP contribution < -0.4 is 5.32 Å². The van der Waals surface area contributed by atoms with Crippen molar-refractivity contribution >= 4 is 17.8 Å². The first-order valence-corrected chi connectivity index (χ1v) is 12.0. The van der Waals surface area contributed by atoms with Crippen LogP contribution in [0.5, 0.6) is 0 Å². The van der Waals surface area contributed by atoms with Gasteiger partial charge in [0.1, 0.15) is 11.4 Å². The van der Waals surface area contributed by atoms with Crippen LogP contribution in [-0.4, -0.2) is 86.9 Å². The topological polar surface area (TPSA) is 90.8 Å². The quantitative estimate of drug-likeness (QED) is 0.646. The smallest absolute Gasteiger partial charge is 0.325 e. The fourth-order valence-corrected chi connectivity index (χ4v) is 5.29. The number of urea groups is 1. The minimum atomic E-state index is -0.705. The van der Waals surface area contributed by atoms with Gasteiger partial charge in [0, 0.05) is 58.1 Å². The number of aromatic nitrogens is 2. The van der Waals surface area contributed by atoms with Crippen molar-refractivity contribution in [1.29, 1.82) is 0 Å². The number of imide groups is 1. The molecule has 0 aromatic carbocycles. The molecule has 32 heavy (non-hydrogen) atoms. The Morgan fingerprint density at radius 1 is 1.16 bits per heavy atom. The van der Waals surface area contributed by atoms with Crippen molar-refractivity contribution < 1.29 is 14.4 Å². The van der Waals surface area contributed by atoms with Crippen molar-refractivity contribution in [3.63, 3.8) is 0 Å². The van der Waals surface area contributed by atoms with Crippen molar-refractivity contribution in [1.82, 2.24) is 29.6 Å². The lowest BCUT2D eigenvalue weighted by Gasteiger charge is -2.37. The van der Waals surface area contributed by atoms with Crippen LogP contribution in [0.4, 0.5) is 4.79 Å². The highest BCUT2D eigenvalue weighted by Gasteiger charge is 2.52. The molecule has 3 saturated heterocycles. The van der Waals surface area contributed by atoms with Crippen molar-refractivity contribution in [2.45, 2.75) is 64.5 Å². The van der Waals surface area contributed by atoms with Gasteiger partial charge in [0.2, 0.25) is 5.91 Å². The Bertz CT molecular complexity index is 837. The number of nitrogens with zero attached hydrogens (tertiary/aromatic N) is 5. The molecule has 4 rings (SSSR count). The summed E-state index contributed by atoms with van der Waals surface area (Å²) in [6.07, 6.45) is 8.24. The summed E-state index contributed by atoms with van der Waals surface area (Å²) in [5.74, 6) is 1.27. The van der Waals surface area contributed by atoms with Gasteiger partial charge in [0.15, 0.2) is 0 Å². The molecule has 176 valence electrons. The van der Waals surface area contributed by atoms with Crippen LogP contribution in [0.25, 0.3) is 0 Å². The molecule has 1 aromatic heterocycles. The summed E-state index contributed by atoms with van der Waals surface area (Å²) in [5.41, 5.74) is -0.705. The standard InChI is InChI=1S/C23H36N6O3/c1-3-10-26-14-7-23(8-15-26)21(31)29(22(32)25-23)17-19-4-11-28(12-5-19)20(30)6-13-27-16-9-24-18(27)2/h9,16,19H,3-8,10-15,17H2,1-2H3,(H,25,32). The van der Waals surface area contributed by atoms with Crippen LogP contribution >= 0.6 is 0 Å². The van der Waals surface area contributed by atoms with Gasteiger partial charge < -0.3 is 19.7 Å². The molecular weight excluding hydrogens is 408 g/mol. The van der Waals surface area contributed by atoms with Gasteiger partial charge in [-0.05, 0) is 51.5 Å². The summed E-state index contributed by atoms with van der Waals surface area (Å²) in [6.45, 7) is 9.33. The van der Waals surface area contributed by atoms with Crippen molar-refractivity contribution in [3.05, 3.63) is 18.2 Å². The molecular formula is C23H36N6O3. The third-order valence-corrected chi connectivity index (χ3v) is 7.39. The normalized spacial score (nSPS) is 22.1. The Labute approximate surface area is 190 Å². The first kappa shape index (κ1) is 22.8. The number of aryl methyl sites for hydroxylation is 2. The largest absolute Gasteiger partial charge is 0.343 e. The zero-order valence-corrected chi connectivity index (χ0v) is 19.4. The molecule has 3 aliphatic heterocycles. The molecule has 4 amide bonds. The third kappa shape index (κ3) is 4.67. The Hall–Kier alpha value is -2.42. The van der Waals surface area contributed by atoms with E-state index in [4.69, 9.17) is 0 Å². The van der Waals surface area contributed by atoms with Crippen LogP contribution in [0.1, 0.15) is 51.3 Å². The molecule has 0 bridgehead atoms. The highest BCUT2D eigenvalue weighted by molar-refractivity contribution is 6.07. The van der Waals surface area contributed by atoms with Crippen molar-refractivity contribution in [2.75, 3.05) is 39.3 Å². The van der Waals surface area contributed by atoms with E-state index in [-0.39, 0.29) is 23.8 Å². The zero-order chi connectivity index (χ0) is 22.7. The zero-order valence-electron chi connectivity index (χ0n) is 19.4. The summed E-state index contributed by atoms with van der Waals surface area (Å²) >= 11 is 0. The van der Waals surface area contributed by atoms with Crippen LogP contribution in [0.2, 0.25) is 0 Å². The molecule has 0 unspecified atom stereocenters. The van der Waals surface area contributed by atoms with Crippen molar-refractivity contribution in [3.8, 4) is 0 Å². The van der Waals surface area contributed by atoms with Gasteiger partial charge in [0.05, 0.1) is 0 Å². The maximum atomic E-state index is 13.2. The first-order chi connectivity index (χ1) is 15.4. The number of imidazole rings is 1. The predicted octanol–water partition coefficient (Wildman–Crippen LogP) is 1.62. The second kappa shape index (κ2) is 9.60. The molecule has 0 radical (unpaired) electrons. The number of piperidine rings is 2. The Kier molecular flexibility index (Phi) is 6.83. The molecule has 0 atom stereocenters. The molecule has 9 nitrogen and oxygen atoms in total. The summed E-state index contributed by atoms with van der Waals surface area (Å²) in [7, 11) is 0. The van der Waals surface area contributed by atoms with Gasteiger partial charge in [-0.25, -0.2) is 9.78 Å². The fraction of sp³-hybridized carbons (Fsp3) is 0.739. The van der Waals surface area contributed by atoms with Gasteiger partial charge in [-0.3, -0.25) is 14.5 Å². The second-order valence-electron chi connectivity index (χ2n) is 9.51. The Balaban J connectivity index is 1.24. The van der Waals surface area contributed by atoms with Crippen molar-refractivity contribution in [2.24, 2.45) is 5.92 Å². The lowest BCUT2D eigenvalue weighted by Crippen LogP contribution is -2.55. The molecule has 1 spiro atoms. The van der Waals surface area contributed by atoms with Crippen LogP contribution in [0, 0.1) is 12.8 Å². The highest BCUT2D eigenvalue weighted by atomic mass is 16.2. The number of amides is 4. The summed E-state index contributed by atoms with van der Waals surface area (Å²) in [6, 6.07) is -0.242. The van der Waals surface area contributed by atoms with E-state index in [1.54, 1.807) is 6.20 Å². The third-order valence-electron chi connectivity index (χ3n) is 7.39. The van der Waals surface area contributed by atoms with Gasteiger partial charge >= 0.3 is 6.03 Å². The number of rotatable bonds is 7. The molecule has 4 heterocycles. The first-order valence-electron chi connectivity index (χ1n) is 12.0. The fourth-order valence-electron chi connectivity index (χ4n) is 5.29. The lowest BCUT2D eigenvalue weighted by molar-refractivity contribution is -0.135. The van der Waals surface area contributed by atoms with Gasteiger partial charge in [-0.15, -0.1) is 0 Å². The SMILES string of the molecule is CCCN1CCC2(CC1)NC(=O)N(CC1CCN(C(=O)CCn3ccnc3C)CC1)C2=O. The molecule has 3 aliphatic rings. The van der Waals surface area contributed by atoms with Crippen LogP contribution in [0.15, 0.2) is 12.4 Å². The average Bonchev–Trinajstić information content (AvgIpc) is 3.30. The Morgan fingerprint density at radius 3 is 2.50 bits per heavy atom. The molecule has 3 fully saturated rings. The van der Waals surface area contributed by atoms with E-state index in [1.807, 2.05) is 22.6 Å². The summed E-state index contributed by atoms with van der Waals surface area (Å²) in [5, 5.41) is 3.02. The van der Waals surface area contributed by atoms with Gasteiger partial charge in [0.25, 0.3) is 5.91 Å². The van der Waals surface area contributed by atoms with E-state index < -0.39 is 5.54 Å². The molecule has 1 aromatic rings. The van der Waals surface area contributed by atoms with Crippen LogP contribution in [-0.2, 0) is 16.1 Å². The number of nitrogens with one attached hydrogen (secondary N) is 1. The molecule has 9 heteroatoms. The minimum absolute atomic E-state index is 0.0483. The number of hydrogen-bond acceptors (Lipinski definition) is 5. The predicted molar refractivity (Wildman–Crippen MR) is 120 cm³/mol. The monoisotopic (exact) mass is 444 g/mol. The number of likely N-dealkylation sites (tertiary alicyclic amines) is 2. The molecule has 0 saturated carbocycles. The Morgan fingerprint density at radius 2 is 1.88 bits per heavy atom. The van der Waals surface area contributed by atoms with Gasteiger partial charge in [-0.2, -0.15) is 0 Å². The maximum absolute atomic E-state index is 13.2.